The van der Waals surface area contributed by atoms with E-state index in [9.17, 15) is 0 Å². The van der Waals surface area contributed by atoms with E-state index in [1.165, 1.54) is 60.8 Å². The molecule has 0 aliphatic carbocycles. The average molecular weight is 881 g/mol. The van der Waals surface area contributed by atoms with E-state index in [4.69, 9.17) is 4.42 Å². The molecule has 3 heteroatoms. The van der Waals surface area contributed by atoms with E-state index < -0.39 is 0 Å². The van der Waals surface area contributed by atoms with Crippen LogP contribution in [-0.2, 0) is 0 Å². The molecule has 0 bridgehead atoms. The van der Waals surface area contributed by atoms with Gasteiger partial charge in [-0.2, -0.15) is 0 Å². The summed E-state index contributed by atoms with van der Waals surface area (Å²) < 4.78 is 8.68. The number of fused-ring (bicyclic) bond motifs is 6. The van der Waals surface area contributed by atoms with E-state index in [0.717, 1.165) is 61.4 Å². The number of anilines is 3. The summed E-state index contributed by atoms with van der Waals surface area (Å²) in [5.41, 5.74) is 20.3. The van der Waals surface area contributed by atoms with E-state index in [-0.39, 0.29) is 0 Å². The smallest absolute Gasteiger partial charge is 0.136 e. The number of para-hydroxylation sites is 3. The maximum absolute atomic E-state index is 6.31. The third-order valence-corrected chi connectivity index (χ3v) is 13.7. The molecule has 0 unspecified atom stereocenters. The molecular weight excluding hydrogens is 837 g/mol. The van der Waals surface area contributed by atoms with Gasteiger partial charge in [-0.3, -0.25) is 0 Å². The molecule has 324 valence electrons. The summed E-state index contributed by atoms with van der Waals surface area (Å²) in [5.74, 6) is 0. The maximum atomic E-state index is 6.31. The van der Waals surface area contributed by atoms with Gasteiger partial charge in [-0.25, -0.2) is 0 Å². The van der Waals surface area contributed by atoms with Gasteiger partial charge in [-0.15, -0.1) is 0 Å². The lowest BCUT2D eigenvalue weighted by molar-refractivity contribution is 0.669. The Morgan fingerprint density at radius 2 is 0.681 bits per heavy atom. The van der Waals surface area contributed by atoms with Gasteiger partial charge in [-0.05, 0) is 128 Å². The first kappa shape index (κ1) is 40.1. The molecule has 11 aromatic carbocycles. The van der Waals surface area contributed by atoms with Crippen LogP contribution in [0, 0.1) is 0 Å². The second kappa shape index (κ2) is 16.9. The van der Waals surface area contributed by atoms with Crippen LogP contribution in [0.1, 0.15) is 0 Å². The van der Waals surface area contributed by atoms with Crippen LogP contribution in [0.3, 0.4) is 0 Å². The van der Waals surface area contributed by atoms with Gasteiger partial charge in [0.15, 0.2) is 0 Å². The minimum atomic E-state index is 0.889. The zero-order chi connectivity index (χ0) is 45.7. The zero-order valence-electron chi connectivity index (χ0n) is 37.7. The molecule has 0 radical (unpaired) electrons. The molecule has 0 amide bonds. The number of rotatable bonds is 9. The Morgan fingerprint density at radius 1 is 0.275 bits per heavy atom. The molecule has 13 rings (SSSR count). The number of furan rings is 1. The minimum Gasteiger partial charge on any atom is -0.456 e. The second-order valence-electron chi connectivity index (χ2n) is 17.7. The Labute approximate surface area is 401 Å². The van der Waals surface area contributed by atoms with Gasteiger partial charge >= 0.3 is 0 Å². The van der Waals surface area contributed by atoms with Crippen molar-refractivity contribution in [3.05, 3.63) is 267 Å². The number of benzene rings is 11. The van der Waals surface area contributed by atoms with Gasteiger partial charge in [0.05, 0.1) is 11.0 Å². The number of hydrogen-bond acceptors (Lipinski definition) is 2. The van der Waals surface area contributed by atoms with Crippen molar-refractivity contribution in [1.29, 1.82) is 0 Å². The Kier molecular flexibility index (Phi) is 9.84. The van der Waals surface area contributed by atoms with Crippen molar-refractivity contribution in [1.82, 2.24) is 4.57 Å². The Morgan fingerprint density at radius 3 is 1.23 bits per heavy atom. The Hall–Kier alpha value is -9.18. The molecule has 69 heavy (non-hydrogen) atoms. The van der Waals surface area contributed by atoms with E-state index in [0.29, 0.717) is 0 Å². The van der Waals surface area contributed by atoms with Crippen molar-refractivity contribution in [2.75, 3.05) is 4.90 Å². The molecule has 2 aromatic heterocycles. The van der Waals surface area contributed by atoms with Crippen molar-refractivity contribution in [3.8, 4) is 61.3 Å². The molecule has 0 saturated heterocycles. The first-order valence-corrected chi connectivity index (χ1v) is 23.6. The van der Waals surface area contributed by atoms with Crippen LogP contribution in [-0.4, -0.2) is 4.57 Å². The molecule has 0 aliphatic rings. The summed E-state index contributed by atoms with van der Waals surface area (Å²) in [6.07, 6.45) is 0. The normalized spacial score (nSPS) is 11.5. The van der Waals surface area contributed by atoms with Crippen molar-refractivity contribution >= 4 is 60.8 Å². The van der Waals surface area contributed by atoms with Gasteiger partial charge in [-0.1, -0.05) is 194 Å². The fourth-order valence-electron chi connectivity index (χ4n) is 10.2. The van der Waals surface area contributed by atoms with Crippen molar-refractivity contribution in [2.24, 2.45) is 0 Å². The summed E-state index contributed by atoms with van der Waals surface area (Å²) in [5, 5.41) is 4.79. The maximum Gasteiger partial charge on any atom is 0.136 e. The van der Waals surface area contributed by atoms with Crippen LogP contribution in [0.15, 0.2) is 271 Å². The molecule has 0 aliphatic heterocycles. The Bertz CT molecular complexity index is 3910. The van der Waals surface area contributed by atoms with Crippen molar-refractivity contribution in [2.45, 2.75) is 0 Å². The topological polar surface area (TPSA) is 21.3 Å². The SMILES string of the molecule is c1ccc(-c2ccc(-c3ccc(N(c4ccc(-c5ccc(-c6ccc(-n7c8ccccc8c8ccccc87)cc6)cc5)cc4)c4cccc(-c5cccc6oc7ccccc7c56)c4)cc3)cc2)cc1. The first-order chi connectivity index (χ1) is 34.2. The predicted molar refractivity (Wildman–Crippen MR) is 290 cm³/mol. The first-order valence-electron chi connectivity index (χ1n) is 23.6. The lowest BCUT2D eigenvalue weighted by atomic mass is 9.98. The third-order valence-electron chi connectivity index (χ3n) is 13.7. The molecule has 0 fully saturated rings. The average Bonchev–Trinajstić information content (AvgIpc) is 3.98. The third kappa shape index (κ3) is 7.25. The number of hydrogen-bond donors (Lipinski definition) is 0. The molecule has 0 atom stereocenters. The standard InChI is InChI=1S/C66H44N2O/c1-2-12-45(13-3-1)46-24-26-47(27-25-46)50-32-38-54(39-33-50)67(57-15-10-14-53(44-57)58-19-11-23-65-66(58)61-18-6-9-22-64(61)69-65)55-40-34-51(35-41-55)48-28-30-49(31-29-48)52-36-42-56(43-37-52)68-62-20-7-4-16-59(62)60-17-5-8-21-63(60)68/h1-44H. The molecule has 2 heterocycles. The fraction of sp³-hybridized carbons (Fsp3) is 0. The summed E-state index contributed by atoms with van der Waals surface area (Å²) in [6, 6.07) is 96.0. The van der Waals surface area contributed by atoms with Crippen LogP contribution >= 0.6 is 0 Å². The van der Waals surface area contributed by atoms with Gasteiger partial charge in [0.1, 0.15) is 11.2 Å². The highest BCUT2D eigenvalue weighted by atomic mass is 16.3. The van der Waals surface area contributed by atoms with Crippen molar-refractivity contribution < 1.29 is 4.42 Å². The van der Waals surface area contributed by atoms with Gasteiger partial charge in [0, 0.05) is 44.3 Å². The number of nitrogens with zero attached hydrogens (tertiary/aromatic N) is 2. The molecule has 0 N–H and O–H groups in total. The van der Waals surface area contributed by atoms with Gasteiger partial charge in [0.25, 0.3) is 0 Å². The van der Waals surface area contributed by atoms with E-state index in [1.54, 1.807) is 0 Å². The lowest BCUT2D eigenvalue weighted by Gasteiger charge is -2.26. The summed E-state index contributed by atoms with van der Waals surface area (Å²) >= 11 is 0. The lowest BCUT2D eigenvalue weighted by Crippen LogP contribution is -2.10. The zero-order valence-corrected chi connectivity index (χ0v) is 37.7. The molecule has 3 nitrogen and oxygen atoms in total. The predicted octanol–water partition coefficient (Wildman–Crippen LogP) is 18.5. The largest absolute Gasteiger partial charge is 0.456 e. The van der Waals surface area contributed by atoms with Crippen molar-refractivity contribution in [3.63, 3.8) is 0 Å². The van der Waals surface area contributed by atoms with Crippen LogP contribution in [0.5, 0.6) is 0 Å². The highest BCUT2D eigenvalue weighted by molar-refractivity contribution is 6.13. The quantitative estimate of drug-likeness (QED) is 0.144. The van der Waals surface area contributed by atoms with E-state index >= 15 is 0 Å². The minimum absolute atomic E-state index is 0.889. The van der Waals surface area contributed by atoms with Crippen LogP contribution in [0.4, 0.5) is 17.1 Å². The molecule has 0 spiro atoms. The van der Waals surface area contributed by atoms with Gasteiger partial charge < -0.3 is 13.9 Å². The molecule has 13 aromatic rings. The number of aromatic nitrogens is 1. The van der Waals surface area contributed by atoms with E-state index in [1.807, 2.05) is 12.1 Å². The Balaban J connectivity index is 0.821. The second-order valence-corrected chi connectivity index (χ2v) is 17.7. The summed E-state index contributed by atoms with van der Waals surface area (Å²) in [4.78, 5) is 2.36. The van der Waals surface area contributed by atoms with Crippen LogP contribution in [0.2, 0.25) is 0 Å². The van der Waals surface area contributed by atoms with E-state index in [2.05, 4.69) is 264 Å². The van der Waals surface area contributed by atoms with Gasteiger partial charge in [0.2, 0.25) is 0 Å². The highest BCUT2D eigenvalue weighted by Crippen LogP contribution is 2.42. The summed E-state index contributed by atoms with van der Waals surface area (Å²) in [6.45, 7) is 0. The van der Waals surface area contributed by atoms with Crippen LogP contribution < -0.4 is 4.90 Å². The molecule has 0 saturated carbocycles. The monoisotopic (exact) mass is 880 g/mol. The van der Waals surface area contributed by atoms with Crippen LogP contribution in [0.25, 0.3) is 105 Å². The summed E-state index contributed by atoms with van der Waals surface area (Å²) in [7, 11) is 0. The fourth-order valence-corrected chi connectivity index (χ4v) is 10.2. The highest BCUT2D eigenvalue weighted by Gasteiger charge is 2.18. The molecular formula is C66H44N2O.